The van der Waals surface area contributed by atoms with E-state index in [0.29, 0.717) is 30.0 Å². The van der Waals surface area contributed by atoms with Crippen molar-refractivity contribution >= 4 is 21.6 Å². The van der Waals surface area contributed by atoms with Gasteiger partial charge < -0.3 is 14.8 Å². The highest BCUT2D eigenvalue weighted by Gasteiger charge is 2.17. The van der Waals surface area contributed by atoms with Crippen LogP contribution in [0.1, 0.15) is 15.9 Å². The van der Waals surface area contributed by atoms with Crippen molar-refractivity contribution in [2.75, 3.05) is 25.5 Å². The van der Waals surface area contributed by atoms with Crippen molar-refractivity contribution < 1.29 is 27.1 Å². The summed E-state index contributed by atoms with van der Waals surface area (Å²) in [4.78, 5) is 12.3. The average Bonchev–Trinajstić information content (AvgIpc) is 2.80. The Morgan fingerprint density at radius 2 is 1.69 bits per heavy atom. The van der Waals surface area contributed by atoms with Crippen molar-refractivity contribution in [2.24, 2.45) is 0 Å². The van der Waals surface area contributed by atoms with Gasteiger partial charge in [-0.1, -0.05) is 12.1 Å². The first-order valence-corrected chi connectivity index (χ1v) is 11.2. The van der Waals surface area contributed by atoms with E-state index in [4.69, 9.17) is 9.47 Å². The molecule has 3 rings (SSSR count). The Kier molecular flexibility index (Phi) is 7.32. The number of anilines is 1. The van der Waals surface area contributed by atoms with E-state index in [2.05, 4.69) is 10.0 Å². The van der Waals surface area contributed by atoms with Crippen LogP contribution in [0.2, 0.25) is 0 Å². The Bertz CT molecular complexity index is 1200. The number of halogens is 1. The summed E-state index contributed by atoms with van der Waals surface area (Å²) in [6.07, 6.45) is 0.519. The maximum absolute atomic E-state index is 13.7. The number of hydrogen-bond donors (Lipinski definition) is 2. The molecule has 0 saturated heterocycles. The number of carbonyl (C=O) groups is 1. The fourth-order valence-corrected chi connectivity index (χ4v) is 4.09. The minimum absolute atomic E-state index is 0.0848. The molecule has 0 radical (unpaired) electrons. The summed E-state index contributed by atoms with van der Waals surface area (Å²) in [5.41, 5.74) is 1.03. The average molecular weight is 459 g/mol. The lowest BCUT2D eigenvalue weighted by molar-refractivity contribution is 0.0954. The second kappa shape index (κ2) is 10.1. The number of nitrogens with one attached hydrogen (secondary N) is 2. The van der Waals surface area contributed by atoms with E-state index in [1.807, 2.05) is 6.07 Å². The van der Waals surface area contributed by atoms with E-state index in [1.165, 1.54) is 42.5 Å². The van der Waals surface area contributed by atoms with Crippen LogP contribution in [0.25, 0.3) is 0 Å². The van der Waals surface area contributed by atoms with Gasteiger partial charge in [0.1, 0.15) is 17.3 Å². The molecule has 0 aliphatic heterocycles. The van der Waals surface area contributed by atoms with E-state index in [0.717, 1.165) is 11.6 Å². The standard InChI is InChI=1S/C23H23FN2O5S/c1-30-18-9-12-22(31-2)17(15-18)13-14-25-23(27)16-7-10-19(11-8-16)32(28,29)26-21-6-4-3-5-20(21)24/h3-12,15,26H,13-14H2,1-2H3,(H,25,27). The predicted octanol–water partition coefficient (Wildman–Crippen LogP) is 3.62. The number of methoxy groups -OCH3 is 2. The van der Waals surface area contributed by atoms with Crippen LogP contribution in [0.3, 0.4) is 0 Å². The summed E-state index contributed by atoms with van der Waals surface area (Å²) in [6.45, 7) is 0.344. The van der Waals surface area contributed by atoms with E-state index < -0.39 is 15.8 Å². The van der Waals surface area contributed by atoms with Crippen LogP contribution in [0.4, 0.5) is 10.1 Å². The van der Waals surface area contributed by atoms with Crippen LogP contribution >= 0.6 is 0 Å². The zero-order valence-electron chi connectivity index (χ0n) is 17.6. The summed E-state index contributed by atoms with van der Waals surface area (Å²) >= 11 is 0. The highest BCUT2D eigenvalue weighted by atomic mass is 32.2. The smallest absolute Gasteiger partial charge is 0.261 e. The number of benzene rings is 3. The summed E-state index contributed by atoms with van der Waals surface area (Å²) < 4.78 is 51.4. The van der Waals surface area contributed by atoms with Gasteiger partial charge >= 0.3 is 0 Å². The number of carbonyl (C=O) groups excluding carboxylic acids is 1. The largest absolute Gasteiger partial charge is 0.497 e. The molecule has 0 bridgehead atoms. The lowest BCUT2D eigenvalue weighted by Crippen LogP contribution is -2.26. The van der Waals surface area contributed by atoms with Crippen molar-refractivity contribution in [3.63, 3.8) is 0 Å². The second-order valence-corrected chi connectivity index (χ2v) is 8.48. The molecular weight excluding hydrogens is 435 g/mol. The maximum atomic E-state index is 13.7. The first-order valence-electron chi connectivity index (χ1n) is 9.70. The molecule has 0 aliphatic carbocycles. The van der Waals surface area contributed by atoms with Crippen LogP contribution in [-0.4, -0.2) is 35.1 Å². The summed E-state index contributed by atoms with van der Waals surface area (Å²) in [6, 6.07) is 16.3. The number of rotatable bonds is 9. The zero-order chi connectivity index (χ0) is 23.1. The van der Waals surface area contributed by atoms with Crippen LogP contribution < -0.4 is 19.5 Å². The van der Waals surface area contributed by atoms with Crippen LogP contribution in [0.5, 0.6) is 11.5 Å². The molecular formula is C23H23FN2O5S. The molecule has 0 heterocycles. The molecule has 0 unspecified atom stereocenters. The number of hydrogen-bond acceptors (Lipinski definition) is 5. The first-order chi connectivity index (χ1) is 15.3. The van der Waals surface area contributed by atoms with Gasteiger partial charge in [0.2, 0.25) is 0 Å². The third-order valence-corrected chi connectivity index (χ3v) is 6.09. The fourth-order valence-electron chi connectivity index (χ4n) is 3.02. The number of sulfonamides is 1. The summed E-state index contributed by atoms with van der Waals surface area (Å²) in [5, 5.41) is 2.79. The topological polar surface area (TPSA) is 93.7 Å². The number of para-hydroxylation sites is 1. The van der Waals surface area contributed by atoms with Gasteiger partial charge in [-0.25, -0.2) is 12.8 Å². The first kappa shape index (κ1) is 23.1. The van der Waals surface area contributed by atoms with E-state index in [9.17, 15) is 17.6 Å². The molecule has 3 aromatic rings. The van der Waals surface area contributed by atoms with Gasteiger partial charge in [-0.05, 0) is 66.6 Å². The van der Waals surface area contributed by atoms with E-state index in [1.54, 1.807) is 26.4 Å². The SMILES string of the molecule is COc1ccc(OC)c(CCNC(=O)c2ccc(S(=O)(=O)Nc3ccccc3F)cc2)c1. The molecule has 0 aliphatic rings. The minimum Gasteiger partial charge on any atom is -0.497 e. The van der Waals surface area contributed by atoms with Crippen molar-refractivity contribution in [1.82, 2.24) is 5.32 Å². The predicted molar refractivity (Wildman–Crippen MR) is 119 cm³/mol. The molecule has 168 valence electrons. The van der Waals surface area contributed by atoms with E-state index >= 15 is 0 Å². The molecule has 9 heteroatoms. The van der Waals surface area contributed by atoms with Gasteiger partial charge in [0, 0.05) is 12.1 Å². The Labute approximate surface area is 186 Å². The lowest BCUT2D eigenvalue weighted by Gasteiger charge is -2.12. The van der Waals surface area contributed by atoms with Crippen molar-refractivity contribution in [1.29, 1.82) is 0 Å². The van der Waals surface area contributed by atoms with Crippen LogP contribution in [0, 0.1) is 5.82 Å². The van der Waals surface area contributed by atoms with Gasteiger partial charge in [-0.2, -0.15) is 0 Å². The third-order valence-electron chi connectivity index (χ3n) is 4.71. The van der Waals surface area contributed by atoms with Crippen molar-refractivity contribution in [3.05, 3.63) is 83.7 Å². The van der Waals surface area contributed by atoms with Gasteiger partial charge in [0.15, 0.2) is 0 Å². The van der Waals surface area contributed by atoms with Gasteiger partial charge in [-0.3, -0.25) is 9.52 Å². The lowest BCUT2D eigenvalue weighted by atomic mass is 10.1. The van der Waals surface area contributed by atoms with Crippen LogP contribution in [-0.2, 0) is 16.4 Å². The second-order valence-electron chi connectivity index (χ2n) is 6.79. The molecule has 0 saturated carbocycles. The summed E-state index contributed by atoms with van der Waals surface area (Å²) in [5.74, 6) is 0.350. The van der Waals surface area contributed by atoms with Crippen LogP contribution in [0.15, 0.2) is 71.6 Å². The molecule has 0 spiro atoms. The molecule has 2 N–H and O–H groups in total. The molecule has 3 aromatic carbocycles. The van der Waals surface area contributed by atoms with Gasteiger partial charge in [0.05, 0.1) is 24.8 Å². The molecule has 7 nitrogen and oxygen atoms in total. The Morgan fingerprint density at radius 3 is 2.34 bits per heavy atom. The molecule has 0 aromatic heterocycles. The highest BCUT2D eigenvalue weighted by Crippen LogP contribution is 2.24. The fraction of sp³-hybridized carbons (Fsp3) is 0.174. The Morgan fingerprint density at radius 1 is 0.969 bits per heavy atom. The molecule has 0 atom stereocenters. The molecule has 32 heavy (non-hydrogen) atoms. The van der Waals surface area contributed by atoms with Crippen molar-refractivity contribution in [2.45, 2.75) is 11.3 Å². The Balaban J connectivity index is 1.62. The third kappa shape index (κ3) is 5.55. The zero-order valence-corrected chi connectivity index (χ0v) is 18.4. The van der Waals surface area contributed by atoms with Gasteiger partial charge in [0.25, 0.3) is 15.9 Å². The number of amides is 1. The monoisotopic (exact) mass is 458 g/mol. The minimum atomic E-state index is -3.99. The van der Waals surface area contributed by atoms with E-state index in [-0.39, 0.29) is 16.5 Å². The Hall–Kier alpha value is -3.59. The quantitative estimate of drug-likeness (QED) is 0.511. The maximum Gasteiger partial charge on any atom is 0.261 e. The van der Waals surface area contributed by atoms with Crippen molar-refractivity contribution in [3.8, 4) is 11.5 Å². The highest BCUT2D eigenvalue weighted by molar-refractivity contribution is 7.92. The number of ether oxygens (including phenoxy) is 2. The normalized spacial score (nSPS) is 11.0. The van der Waals surface area contributed by atoms with Gasteiger partial charge in [-0.15, -0.1) is 0 Å². The summed E-state index contributed by atoms with van der Waals surface area (Å²) in [7, 11) is -0.851. The molecule has 1 amide bonds. The molecule has 0 fully saturated rings.